The first-order valence-electron chi connectivity index (χ1n) is 6.62. The number of hydrogen-bond donors (Lipinski definition) is 2. The molecule has 0 aliphatic heterocycles. The van der Waals surface area contributed by atoms with Crippen LogP contribution in [0.2, 0.25) is 0 Å². The zero-order valence-corrected chi connectivity index (χ0v) is 11.6. The van der Waals surface area contributed by atoms with Gasteiger partial charge < -0.3 is 10.4 Å². The molecule has 1 aromatic heterocycles. The third-order valence-electron chi connectivity index (χ3n) is 3.26. The second-order valence-electron chi connectivity index (χ2n) is 4.72. The van der Waals surface area contributed by atoms with Gasteiger partial charge in [-0.3, -0.25) is 9.78 Å². The molecule has 0 spiro atoms. The van der Waals surface area contributed by atoms with E-state index in [-0.39, 0.29) is 17.7 Å². The van der Waals surface area contributed by atoms with Gasteiger partial charge in [0.05, 0.1) is 6.04 Å². The first-order chi connectivity index (χ1) is 9.61. The van der Waals surface area contributed by atoms with Crippen molar-refractivity contribution < 1.29 is 9.90 Å². The van der Waals surface area contributed by atoms with Gasteiger partial charge in [-0.25, -0.2) is 0 Å². The molecule has 1 atom stereocenters. The number of carbonyl (C=O) groups is 1. The maximum atomic E-state index is 12.2. The fraction of sp³-hybridized carbons (Fsp3) is 0.250. The number of rotatable bonds is 4. The SMILES string of the molecule is CC[C@@H](NC(=O)c1ccc(O)c(C)c1)c1cccnc1. The van der Waals surface area contributed by atoms with Gasteiger partial charge in [0.1, 0.15) is 5.75 Å². The average molecular weight is 270 g/mol. The van der Waals surface area contributed by atoms with Gasteiger partial charge in [0, 0.05) is 18.0 Å². The van der Waals surface area contributed by atoms with Crippen molar-refractivity contribution in [2.75, 3.05) is 0 Å². The molecule has 4 nitrogen and oxygen atoms in total. The minimum absolute atomic E-state index is 0.0645. The Morgan fingerprint density at radius 2 is 2.20 bits per heavy atom. The fourth-order valence-electron chi connectivity index (χ4n) is 2.04. The Hall–Kier alpha value is -2.36. The molecule has 0 bridgehead atoms. The van der Waals surface area contributed by atoms with Gasteiger partial charge in [0.2, 0.25) is 0 Å². The van der Waals surface area contributed by atoms with Crippen molar-refractivity contribution in [3.63, 3.8) is 0 Å². The minimum atomic E-state index is -0.149. The predicted octanol–water partition coefficient (Wildman–Crippen LogP) is 2.98. The van der Waals surface area contributed by atoms with Crippen LogP contribution in [-0.2, 0) is 0 Å². The zero-order valence-electron chi connectivity index (χ0n) is 11.6. The molecule has 0 saturated carbocycles. The number of aromatic nitrogens is 1. The van der Waals surface area contributed by atoms with Crippen LogP contribution in [0.3, 0.4) is 0 Å². The van der Waals surface area contributed by atoms with E-state index in [0.29, 0.717) is 11.1 Å². The number of phenolic OH excluding ortho intramolecular Hbond substituents is 1. The maximum Gasteiger partial charge on any atom is 0.251 e. The molecule has 0 unspecified atom stereocenters. The van der Waals surface area contributed by atoms with Crippen molar-refractivity contribution in [1.82, 2.24) is 10.3 Å². The van der Waals surface area contributed by atoms with E-state index in [9.17, 15) is 9.90 Å². The summed E-state index contributed by atoms with van der Waals surface area (Å²) in [5, 5.41) is 12.5. The number of hydrogen-bond acceptors (Lipinski definition) is 3. The van der Waals surface area contributed by atoms with Crippen molar-refractivity contribution in [1.29, 1.82) is 0 Å². The number of nitrogens with one attached hydrogen (secondary N) is 1. The summed E-state index contributed by atoms with van der Waals surface area (Å²) < 4.78 is 0. The fourth-order valence-corrected chi connectivity index (χ4v) is 2.04. The Morgan fingerprint density at radius 3 is 2.80 bits per heavy atom. The van der Waals surface area contributed by atoms with E-state index in [0.717, 1.165) is 12.0 Å². The first-order valence-corrected chi connectivity index (χ1v) is 6.62. The van der Waals surface area contributed by atoms with Crippen LogP contribution < -0.4 is 5.32 Å². The molecule has 1 heterocycles. The van der Waals surface area contributed by atoms with Crippen LogP contribution in [-0.4, -0.2) is 16.0 Å². The number of carbonyl (C=O) groups excluding carboxylic acids is 1. The van der Waals surface area contributed by atoms with Gasteiger partial charge in [-0.15, -0.1) is 0 Å². The van der Waals surface area contributed by atoms with Crippen LogP contribution in [0.1, 0.15) is 40.9 Å². The van der Waals surface area contributed by atoms with Gasteiger partial charge >= 0.3 is 0 Å². The summed E-state index contributed by atoms with van der Waals surface area (Å²) in [4.78, 5) is 16.3. The minimum Gasteiger partial charge on any atom is -0.508 e. The molecule has 0 radical (unpaired) electrons. The van der Waals surface area contributed by atoms with Crippen LogP contribution in [0, 0.1) is 6.92 Å². The largest absolute Gasteiger partial charge is 0.508 e. The number of nitrogens with zero attached hydrogens (tertiary/aromatic N) is 1. The summed E-state index contributed by atoms with van der Waals surface area (Å²) >= 11 is 0. The molecule has 2 rings (SSSR count). The molecule has 1 aromatic carbocycles. The standard InChI is InChI=1S/C16H18N2O2/c1-3-14(13-5-4-8-17-10-13)18-16(20)12-6-7-15(19)11(2)9-12/h4-10,14,19H,3H2,1-2H3,(H,18,20)/t14-/m1/s1. The lowest BCUT2D eigenvalue weighted by molar-refractivity contribution is 0.0935. The molecule has 4 heteroatoms. The number of aromatic hydroxyl groups is 1. The zero-order chi connectivity index (χ0) is 14.5. The van der Waals surface area contributed by atoms with E-state index in [4.69, 9.17) is 0 Å². The van der Waals surface area contributed by atoms with Gasteiger partial charge in [0.15, 0.2) is 0 Å². The smallest absolute Gasteiger partial charge is 0.251 e. The Bertz CT molecular complexity index is 597. The Labute approximate surface area is 118 Å². The van der Waals surface area contributed by atoms with Crippen molar-refractivity contribution in [2.24, 2.45) is 0 Å². The molecule has 0 fully saturated rings. The van der Waals surface area contributed by atoms with Gasteiger partial charge in [-0.2, -0.15) is 0 Å². The van der Waals surface area contributed by atoms with Gasteiger partial charge in [-0.1, -0.05) is 13.0 Å². The monoisotopic (exact) mass is 270 g/mol. The highest BCUT2D eigenvalue weighted by atomic mass is 16.3. The van der Waals surface area contributed by atoms with Crippen molar-refractivity contribution in [3.05, 3.63) is 59.4 Å². The number of pyridine rings is 1. The highest BCUT2D eigenvalue weighted by Gasteiger charge is 2.14. The Kier molecular flexibility index (Phi) is 4.35. The molecule has 2 N–H and O–H groups in total. The summed E-state index contributed by atoms with van der Waals surface area (Å²) in [7, 11) is 0. The van der Waals surface area contributed by atoms with Crippen LogP contribution in [0.15, 0.2) is 42.7 Å². The predicted molar refractivity (Wildman–Crippen MR) is 77.6 cm³/mol. The number of phenols is 1. The van der Waals surface area contributed by atoms with Gasteiger partial charge in [0.25, 0.3) is 5.91 Å². The van der Waals surface area contributed by atoms with Crippen LogP contribution in [0.25, 0.3) is 0 Å². The van der Waals surface area contributed by atoms with E-state index in [1.54, 1.807) is 31.5 Å². The molecule has 0 aliphatic carbocycles. The molecule has 20 heavy (non-hydrogen) atoms. The topological polar surface area (TPSA) is 62.2 Å². The third-order valence-corrected chi connectivity index (χ3v) is 3.26. The Balaban J connectivity index is 2.15. The van der Waals surface area contributed by atoms with E-state index in [1.807, 2.05) is 19.1 Å². The lowest BCUT2D eigenvalue weighted by Gasteiger charge is -2.17. The summed E-state index contributed by atoms with van der Waals surface area (Å²) in [6.07, 6.45) is 4.26. The van der Waals surface area contributed by atoms with Crippen molar-refractivity contribution >= 4 is 5.91 Å². The first kappa shape index (κ1) is 14.1. The van der Waals surface area contributed by atoms with Crippen molar-refractivity contribution in [3.8, 4) is 5.75 Å². The number of benzene rings is 1. The molecule has 104 valence electrons. The summed E-state index contributed by atoms with van der Waals surface area (Å²) in [5.74, 6) is 0.0460. The molecule has 0 saturated heterocycles. The van der Waals surface area contributed by atoms with Crippen molar-refractivity contribution in [2.45, 2.75) is 26.3 Å². The third kappa shape index (κ3) is 3.15. The Morgan fingerprint density at radius 1 is 1.40 bits per heavy atom. The lowest BCUT2D eigenvalue weighted by atomic mass is 10.1. The molecular formula is C16H18N2O2. The number of aryl methyl sites for hydroxylation is 1. The van der Waals surface area contributed by atoms with Crippen LogP contribution >= 0.6 is 0 Å². The van der Waals surface area contributed by atoms with E-state index in [1.165, 1.54) is 6.07 Å². The maximum absolute atomic E-state index is 12.2. The molecule has 2 aromatic rings. The number of amides is 1. The quantitative estimate of drug-likeness (QED) is 0.897. The van der Waals surface area contributed by atoms with E-state index < -0.39 is 0 Å². The summed E-state index contributed by atoms with van der Waals surface area (Å²) in [6.45, 7) is 3.78. The highest BCUT2D eigenvalue weighted by molar-refractivity contribution is 5.94. The van der Waals surface area contributed by atoms with Crippen LogP contribution in [0.5, 0.6) is 5.75 Å². The normalized spacial score (nSPS) is 11.9. The molecular weight excluding hydrogens is 252 g/mol. The summed E-state index contributed by atoms with van der Waals surface area (Å²) in [6, 6.07) is 8.58. The van der Waals surface area contributed by atoms with E-state index in [2.05, 4.69) is 10.3 Å². The molecule has 0 aliphatic rings. The summed E-state index contributed by atoms with van der Waals surface area (Å²) in [5.41, 5.74) is 2.22. The second kappa shape index (κ2) is 6.19. The lowest BCUT2D eigenvalue weighted by Crippen LogP contribution is -2.28. The molecule has 1 amide bonds. The van der Waals surface area contributed by atoms with Gasteiger partial charge in [-0.05, 0) is 48.7 Å². The van der Waals surface area contributed by atoms with E-state index >= 15 is 0 Å². The second-order valence-corrected chi connectivity index (χ2v) is 4.72. The average Bonchev–Trinajstić information content (AvgIpc) is 2.48. The highest BCUT2D eigenvalue weighted by Crippen LogP contribution is 2.19. The van der Waals surface area contributed by atoms with Crippen LogP contribution in [0.4, 0.5) is 0 Å².